The van der Waals surface area contributed by atoms with E-state index in [0.717, 1.165) is 22.3 Å². The fourth-order valence-corrected chi connectivity index (χ4v) is 4.43. The molecule has 0 aromatic heterocycles. The Morgan fingerprint density at radius 1 is 0.316 bits per heavy atom. The van der Waals surface area contributed by atoms with E-state index in [-0.39, 0.29) is 34.8 Å². The normalized spacial score (nSPS) is 10.7. The summed E-state index contributed by atoms with van der Waals surface area (Å²) in [7, 11) is 0. The summed E-state index contributed by atoms with van der Waals surface area (Å²) in [5, 5.41) is 47.9. The third-order valence-corrected chi connectivity index (χ3v) is 6.38. The van der Waals surface area contributed by atoms with E-state index in [1.54, 1.807) is 60.7 Å². The number of phenolic OH excluding ortho intramolecular Hbond substituents is 5. The van der Waals surface area contributed by atoms with Gasteiger partial charge in [-0.1, -0.05) is 66.2 Å². The van der Waals surface area contributed by atoms with Crippen LogP contribution in [-0.2, 0) is 0 Å². The van der Waals surface area contributed by atoms with Gasteiger partial charge < -0.3 is 25.5 Å². The lowest BCUT2D eigenvalue weighted by Crippen LogP contribution is -2.14. The van der Waals surface area contributed by atoms with Crippen LogP contribution in [0.4, 0.5) is 0 Å². The van der Waals surface area contributed by atoms with Crippen LogP contribution in [0.5, 0.6) is 28.7 Å². The zero-order chi connectivity index (χ0) is 27.1. The summed E-state index contributed by atoms with van der Waals surface area (Å²) in [5.74, 6) is 0.808. The van der Waals surface area contributed by atoms with E-state index in [0.29, 0.717) is 5.75 Å². The lowest BCUT2D eigenvalue weighted by atomic mass is 9.73. The van der Waals surface area contributed by atoms with Crippen LogP contribution in [0, 0.1) is 6.92 Å². The highest BCUT2D eigenvalue weighted by Crippen LogP contribution is 2.44. The van der Waals surface area contributed by atoms with Crippen molar-refractivity contribution in [2.45, 2.75) is 18.8 Å². The Morgan fingerprint density at radius 3 is 0.684 bits per heavy atom. The number of hydrogen-bond donors (Lipinski definition) is 5. The molecule has 5 nitrogen and oxygen atoms in total. The molecule has 5 N–H and O–H groups in total. The number of rotatable bonds is 5. The van der Waals surface area contributed by atoms with E-state index in [4.69, 9.17) is 5.11 Å². The molecule has 0 heterocycles. The predicted octanol–water partition coefficient (Wildman–Crippen LogP) is 7.17. The zero-order valence-electron chi connectivity index (χ0n) is 20.9. The van der Waals surface area contributed by atoms with Crippen molar-refractivity contribution < 1.29 is 25.5 Å². The van der Waals surface area contributed by atoms with Crippen LogP contribution in [0.25, 0.3) is 0 Å². The zero-order valence-corrected chi connectivity index (χ0v) is 20.9. The largest absolute Gasteiger partial charge is 0.508 e. The smallest absolute Gasteiger partial charge is 0.115 e. The molecule has 5 heteroatoms. The fourth-order valence-electron chi connectivity index (χ4n) is 4.43. The van der Waals surface area contributed by atoms with Crippen LogP contribution in [0.3, 0.4) is 0 Å². The molecule has 0 radical (unpaired) electrons. The van der Waals surface area contributed by atoms with Crippen LogP contribution >= 0.6 is 0 Å². The highest BCUT2D eigenvalue weighted by molar-refractivity contribution is 5.47. The average Bonchev–Trinajstić information content (AvgIpc) is 2.92. The summed E-state index contributed by atoms with van der Waals surface area (Å²) >= 11 is 0. The summed E-state index contributed by atoms with van der Waals surface area (Å²) in [6.45, 7) is 1.99. The monoisotopic (exact) mass is 506 g/mol. The van der Waals surface area contributed by atoms with E-state index in [9.17, 15) is 20.4 Å². The minimum Gasteiger partial charge on any atom is -0.508 e. The molecule has 0 atom stereocenters. The van der Waals surface area contributed by atoms with E-state index in [2.05, 4.69) is 0 Å². The molecule has 0 bridgehead atoms. The Bertz CT molecular complexity index is 1220. The number of phenols is 5. The van der Waals surface area contributed by atoms with Crippen molar-refractivity contribution in [2.75, 3.05) is 0 Å². The fraction of sp³-hybridized carbons (Fsp3) is 0.0909. The van der Waals surface area contributed by atoms with Crippen LogP contribution in [0.15, 0.2) is 121 Å². The Labute approximate surface area is 222 Å². The molecule has 0 spiro atoms. The van der Waals surface area contributed by atoms with Gasteiger partial charge in [0, 0.05) is 11.8 Å². The van der Waals surface area contributed by atoms with Crippen LogP contribution in [0.2, 0.25) is 0 Å². The van der Waals surface area contributed by atoms with E-state index in [1.807, 2.05) is 67.6 Å². The highest BCUT2D eigenvalue weighted by Gasteiger charge is 2.28. The molecule has 192 valence electrons. The first-order chi connectivity index (χ1) is 18.3. The molecule has 0 aliphatic rings. The Hall–Kier alpha value is -4.90. The quantitative estimate of drug-likeness (QED) is 0.174. The van der Waals surface area contributed by atoms with Crippen molar-refractivity contribution in [1.82, 2.24) is 0 Å². The number of benzene rings is 5. The van der Waals surface area contributed by atoms with Crippen LogP contribution < -0.4 is 0 Å². The van der Waals surface area contributed by atoms with E-state index < -0.39 is 0 Å². The summed E-state index contributed by atoms with van der Waals surface area (Å²) in [5.41, 5.74) is 5.13. The molecule has 0 aliphatic heterocycles. The highest BCUT2D eigenvalue weighted by atomic mass is 16.3. The van der Waals surface area contributed by atoms with Crippen LogP contribution in [-0.4, -0.2) is 25.5 Å². The summed E-state index contributed by atoms with van der Waals surface area (Å²) in [6.07, 6.45) is 0. The summed E-state index contributed by atoms with van der Waals surface area (Å²) in [4.78, 5) is 0. The van der Waals surface area contributed by atoms with Gasteiger partial charge in [0.25, 0.3) is 0 Å². The van der Waals surface area contributed by atoms with Gasteiger partial charge in [-0.15, -0.1) is 0 Å². The van der Waals surface area contributed by atoms with Gasteiger partial charge in [0.1, 0.15) is 28.7 Å². The van der Waals surface area contributed by atoms with Crippen molar-refractivity contribution in [1.29, 1.82) is 0 Å². The van der Waals surface area contributed by atoms with Gasteiger partial charge in [-0.3, -0.25) is 0 Å². The number of aromatic hydroxyl groups is 5. The van der Waals surface area contributed by atoms with Gasteiger partial charge in [-0.05, 0) is 89.8 Å². The minimum absolute atomic E-state index is 0.139. The second kappa shape index (κ2) is 11.9. The summed E-state index contributed by atoms with van der Waals surface area (Å²) < 4.78 is 0. The topological polar surface area (TPSA) is 101 Å². The molecule has 5 aromatic rings. The van der Waals surface area contributed by atoms with Crippen molar-refractivity contribution >= 4 is 0 Å². The lowest BCUT2D eigenvalue weighted by Gasteiger charge is -2.29. The van der Waals surface area contributed by atoms with Gasteiger partial charge in [-0.25, -0.2) is 0 Å². The molecular weight excluding hydrogens is 476 g/mol. The average molecular weight is 507 g/mol. The SMILES string of the molecule is Cc1ccc(O)cc1.Oc1ccc(C(c2ccc(O)cc2)C(c2ccc(O)cc2)c2ccc(O)cc2)cc1. The maximum Gasteiger partial charge on any atom is 0.115 e. The van der Waals surface area contributed by atoms with Gasteiger partial charge in [-0.2, -0.15) is 0 Å². The first kappa shape index (κ1) is 26.2. The Kier molecular flexibility index (Phi) is 8.19. The molecule has 38 heavy (non-hydrogen) atoms. The molecule has 0 amide bonds. The minimum atomic E-state index is -0.139. The first-order valence-corrected chi connectivity index (χ1v) is 12.2. The number of aryl methyl sites for hydroxylation is 1. The summed E-state index contributed by atoms with van der Waals surface area (Å²) in [6, 6.07) is 35.5. The van der Waals surface area contributed by atoms with Crippen LogP contribution in [0.1, 0.15) is 39.7 Å². The van der Waals surface area contributed by atoms with Gasteiger partial charge >= 0.3 is 0 Å². The third kappa shape index (κ3) is 6.65. The lowest BCUT2D eigenvalue weighted by molar-refractivity contribution is 0.473. The second-order valence-corrected chi connectivity index (χ2v) is 9.16. The van der Waals surface area contributed by atoms with Gasteiger partial charge in [0.2, 0.25) is 0 Å². The first-order valence-electron chi connectivity index (χ1n) is 12.2. The third-order valence-electron chi connectivity index (χ3n) is 6.38. The predicted molar refractivity (Wildman–Crippen MR) is 149 cm³/mol. The van der Waals surface area contributed by atoms with Crippen molar-refractivity contribution in [3.8, 4) is 28.7 Å². The Morgan fingerprint density at radius 2 is 0.500 bits per heavy atom. The van der Waals surface area contributed by atoms with Crippen molar-refractivity contribution in [3.05, 3.63) is 149 Å². The number of hydrogen-bond acceptors (Lipinski definition) is 5. The van der Waals surface area contributed by atoms with E-state index in [1.165, 1.54) is 5.56 Å². The molecule has 5 rings (SSSR count). The molecule has 0 unspecified atom stereocenters. The van der Waals surface area contributed by atoms with E-state index >= 15 is 0 Å². The molecule has 0 saturated carbocycles. The maximum absolute atomic E-state index is 9.79. The van der Waals surface area contributed by atoms with Gasteiger partial charge in [0.05, 0.1) is 0 Å². The second-order valence-electron chi connectivity index (χ2n) is 9.16. The molecular formula is C33H30O5. The standard InChI is InChI=1S/C26H22O4.C7H8O/c27-21-9-1-17(2-10-21)25(18-3-11-22(28)12-4-18)26(19-5-13-23(29)14-6-19)20-7-15-24(30)16-8-20;1-6-2-4-7(8)5-3-6/h1-16,25-30H;2-5,8H,1H3. The molecule has 0 fully saturated rings. The Balaban J connectivity index is 0.000000360. The van der Waals surface area contributed by atoms with Crippen molar-refractivity contribution in [3.63, 3.8) is 0 Å². The molecule has 0 aliphatic carbocycles. The molecule has 0 saturated heterocycles. The van der Waals surface area contributed by atoms with Gasteiger partial charge in [0.15, 0.2) is 0 Å². The maximum atomic E-state index is 9.79. The van der Waals surface area contributed by atoms with Crippen molar-refractivity contribution in [2.24, 2.45) is 0 Å². The molecule has 5 aromatic carbocycles.